The average molecular weight is 542 g/mol. The number of nitrogens with zero attached hydrogens (tertiary/aromatic N) is 8. The van der Waals surface area contributed by atoms with Gasteiger partial charge in [0.25, 0.3) is 0 Å². The van der Waals surface area contributed by atoms with E-state index in [1.165, 1.54) is 0 Å². The number of nitriles is 1. The van der Waals surface area contributed by atoms with Crippen LogP contribution in [0, 0.1) is 11.3 Å². The maximum absolute atomic E-state index is 12.3. The first kappa shape index (κ1) is 28.1. The van der Waals surface area contributed by atoms with Crippen LogP contribution in [0.5, 0.6) is 5.88 Å². The molecule has 5 rings (SSSR count). The predicted molar refractivity (Wildman–Crippen MR) is 150 cm³/mol. The zero-order valence-corrected chi connectivity index (χ0v) is 22.9. The normalized spacial score (nSPS) is 12.2. The minimum absolute atomic E-state index is 0.0596. The van der Waals surface area contributed by atoms with Crippen LogP contribution in [0.1, 0.15) is 68.7 Å². The molecule has 0 spiro atoms. The number of fused-ring (bicyclic) bond motifs is 2. The quantitative estimate of drug-likeness (QED) is 0.317. The van der Waals surface area contributed by atoms with Crippen LogP contribution in [0.4, 0.5) is 11.8 Å². The number of amides is 1. The Kier molecular flexibility index (Phi) is 8.96. The number of nitrogens with one attached hydrogen (secondary N) is 1. The number of aliphatic imine (C=N–C) groups is 1. The molecule has 4 aromatic rings. The topological polar surface area (TPSA) is 153 Å². The highest BCUT2D eigenvalue weighted by Crippen LogP contribution is 2.26. The number of carbonyl (C=O) groups is 2. The average Bonchev–Trinajstić information content (AvgIpc) is 3.55. The van der Waals surface area contributed by atoms with Crippen LogP contribution in [0.15, 0.2) is 48.0 Å². The number of anilines is 1. The van der Waals surface area contributed by atoms with Gasteiger partial charge in [-0.05, 0) is 33.3 Å². The summed E-state index contributed by atoms with van der Waals surface area (Å²) < 4.78 is 9.37. The van der Waals surface area contributed by atoms with E-state index >= 15 is 0 Å². The van der Waals surface area contributed by atoms with Gasteiger partial charge in [0, 0.05) is 24.7 Å². The van der Waals surface area contributed by atoms with Crippen LogP contribution in [0.3, 0.4) is 0 Å². The van der Waals surface area contributed by atoms with Crippen LogP contribution in [-0.2, 0) is 11.2 Å². The number of rotatable bonds is 8. The Labute approximate surface area is 231 Å². The molecule has 40 heavy (non-hydrogen) atoms. The van der Waals surface area contributed by atoms with Crippen LogP contribution < -0.4 is 10.1 Å². The summed E-state index contributed by atoms with van der Waals surface area (Å²) in [5.41, 5.74) is 2.48. The van der Waals surface area contributed by atoms with E-state index < -0.39 is 0 Å². The fourth-order valence-corrected chi connectivity index (χ4v) is 3.94. The first-order chi connectivity index (χ1) is 19.3. The smallest absolute Gasteiger partial charge is 0.247 e. The lowest BCUT2D eigenvalue weighted by Crippen LogP contribution is -2.17. The Morgan fingerprint density at radius 3 is 2.50 bits per heavy atom. The van der Waals surface area contributed by atoms with E-state index in [-0.39, 0.29) is 49.0 Å². The van der Waals surface area contributed by atoms with E-state index in [1.54, 1.807) is 18.9 Å². The molecule has 1 aliphatic rings. The Balaban J connectivity index is 0.000000236. The summed E-state index contributed by atoms with van der Waals surface area (Å²) in [5, 5.41) is 11.4. The molecular weight excluding hydrogens is 510 g/mol. The summed E-state index contributed by atoms with van der Waals surface area (Å²) >= 11 is 0. The molecule has 1 N–H and O–H groups in total. The number of aromatic nitrogens is 6. The van der Waals surface area contributed by atoms with Crippen molar-refractivity contribution in [2.75, 3.05) is 11.9 Å². The minimum Gasteiger partial charge on any atom is -0.475 e. The van der Waals surface area contributed by atoms with Crippen molar-refractivity contribution in [2.45, 2.75) is 59.0 Å². The zero-order chi connectivity index (χ0) is 28.6. The molecule has 3 aromatic heterocycles. The van der Waals surface area contributed by atoms with Gasteiger partial charge in [-0.1, -0.05) is 30.3 Å². The van der Waals surface area contributed by atoms with Gasteiger partial charge in [0.05, 0.1) is 31.6 Å². The summed E-state index contributed by atoms with van der Waals surface area (Å²) in [6.45, 7) is 8.28. The summed E-state index contributed by atoms with van der Waals surface area (Å²) in [5.74, 6) is 0.942. The number of hydrogen-bond acceptors (Lipinski definition) is 9. The lowest BCUT2D eigenvalue weighted by atomic mass is 10.1. The number of Topliss-reactive ketones (excluding diaryl/α,β-unsaturated/α-hetero) is 1. The first-order valence-corrected chi connectivity index (χ1v) is 13.0. The van der Waals surface area contributed by atoms with Crippen molar-refractivity contribution in [2.24, 2.45) is 4.99 Å². The van der Waals surface area contributed by atoms with Gasteiger partial charge in [0.2, 0.25) is 17.7 Å². The van der Waals surface area contributed by atoms with Gasteiger partial charge >= 0.3 is 0 Å². The highest BCUT2D eigenvalue weighted by Gasteiger charge is 2.21. The van der Waals surface area contributed by atoms with Crippen molar-refractivity contribution in [3.63, 3.8) is 0 Å². The molecule has 4 heterocycles. The molecule has 0 unspecified atom stereocenters. The summed E-state index contributed by atoms with van der Waals surface area (Å²) in [6, 6.07) is 11.9. The monoisotopic (exact) mass is 541 g/mol. The van der Waals surface area contributed by atoms with Gasteiger partial charge in [0.15, 0.2) is 28.5 Å². The van der Waals surface area contributed by atoms with Crippen molar-refractivity contribution in [3.8, 4) is 11.9 Å². The van der Waals surface area contributed by atoms with E-state index in [2.05, 4.69) is 30.2 Å². The van der Waals surface area contributed by atoms with Crippen molar-refractivity contribution >= 4 is 40.8 Å². The van der Waals surface area contributed by atoms with Gasteiger partial charge in [-0.15, -0.1) is 0 Å². The van der Waals surface area contributed by atoms with E-state index in [1.807, 2.05) is 73.2 Å². The molecule has 0 saturated carbocycles. The molecule has 0 fully saturated rings. The summed E-state index contributed by atoms with van der Waals surface area (Å²) in [6.07, 6.45) is 5.81. The van der Waals surface area contributed by atoms with Crippen molar-refractivity contribution in [1.82, 2.24) is 29.1 Å². The third-order valence-electron chi connectivity index (χ3n) is 5.94. The van der Waals surface area contributed by atoms with E-state index in [0.717, 1.165) is 5.56 Å². The highest BCUT2D eigenvalue weighted by atomic mass is 16.5. The van der Waals surface area contributed by atoms with Gasteiger partial charge in [-0.2, -0.15) is 15.2 Å². The van der Waals surface area contributed by atoms with Crippen molar-refractivity contribution in [3.05, 3.63) is 54.2 Å². The lowest BCUT2D eigenvalue weighted by Gasteiger charge is -2.11. The second kappa shape index (κ2) is 12.8. The Morgan fingerprint density at radius 2 is 1.80 bits per heavy atom. The molecule has 0 saturated heterocycles. The zero-order valence-electron chi connectivity index (χ0n) is 22.9. The Morgan fingerprint density at radius 1 is 1.07 bits per heavy atom. The van der Waals surface area contributed by atoms with Gasteiger partial charge in [0.1, 0.15) is 6.61 Å². The molecular formula is C28H31N9O3. The number of hydrogen-bond donors (Lipinski definition) is 1. The fourth-order valence-electron chi connectivity index (χ4n) is 3.94. The number of imidazole rings is 2. The molecule has 0 radical (unpaired) electrons. The predicted octanol–water partition coefficient (Wildman–Crippen LogP) is 4.63. The van der Waals surface area contributed by atoms with Gasteiger partial charge < -0.3 is 13.9 Å². The molecule has 206 valence electrons. The largest absolute Gasteiger partial charge is 0.475 e. The Bertz CT molecular complexity index is 1560. The maximum Gasteiger partial charge on any atom is 0.247 e. The van der Waals surface area contributed by atoms with Crippen LogP contribution >= 0.6 is 0 Å². The van der Waals surface area contributed by atoms with Crippen LogP contribution in [0.25, 0.3) is 11.2 Å². The highest BCUT2D eigenvalue weighted by molar-refractivity contribution is 6.08. The fraction of sp³-hybridized carbons (Fsp3) is 0.357. The third-order valence-corrected chi connectivity index (χ3v) is 5.94. The van der Waals surface area contributed by atoms with Crippen LogP contribution in [-0.4, -0.2) is 53.6 Å². The summed E-state index contributed by atoms with van der Waals surface area (Å²) in [7, 11) is 0. The second-order valence-electron chi connectivity index (χ2n) is 9.59. The van der Waals surface area contributed by atoms with Gasteiger partial charge in [-0.25, -0.2) is 15.0 Å². The molecule has 0 atom stereocenters. The van der Waals surface area contributed by atoms with Crippen molar-refractivity contribution in [1.29, 1.82) is 5.26 Å². The molecule has 0 aliphatic carbocycles. The molecule has 1 amide bonds. The first-order valence-electron chi connectivity index (χ1n) is 13.0. The number of ketones is 1. The molecule has 12 nitrogen and oxygen atoms in total. The van der Waals surface area contributed by atoms with Crippen molar-refractivity contribution < 1.29 is 14.3 Å². The number of carbonyl (C=O) groups excluding carboxylic acids is 2. The Hall–Kier alpha value is -4.92. The minimum atomic E-state index is -0.223. The molecule has 1 aromatic carbocycles. The maximum atomic E-state index is 12.3. The van der Waals surface area contributed by atoms with E-state index in [9.17, 15) is 9.59 Å². The molecule has 1 aliphatic heterocycles. The molecule has 0 bridgehead atoms. The molecule has 12 heteroatoms. The summed E-state index contributed by atoms with van der Waals surface area (Å²) in [4.78, 5) is 45.0. The van der Waals surface area contributed by atoms with E-state index in [4.69, 9.17) is 10.00 Å². The number of ether oxygens (including phenoxy) is 1. The van der Waals surface area contributed by atoms with Crippen LogP contribution in [0.2, 0.25) is 0 Å². The SMILES string of the molecule is CC(C)n1cnc2c(OCCC#N)nc(NC(=O)Cc3ccccc3)nc21.CC(C)n1cnc2c1N=CCC2=O. The van der Waals surface area contributed by atoms with E-state index in [0.29, 0.717) is 35.1 Å². The lowest BCUT2D eigenvalue weighted by molar-refractivity contribution is -0.115. The number of benzene rings is 1. The van der Waals surface area contributed by atoms with Gasteiger partial charge in [-0.3, -0.25) is 14.9 Å². The second-order valence-corrected chi connectivity index (χ2v) is 9.59. The third kappa shape index (κ3) is 6.55. The standard InChI is InChI=1S/C19H20N6O2.C9H11N3O/c1-13(2)25-12-21-16-17(25)23-19(24-18(16)27-10-6-9-20)22-15(26)11-14-7-4-3-5-8-14;1-6(2)12-5-11-8-7(13)3-4-10-9(8)12/h3-5,7-8,12-13H,6,10-11H2,1-2H3,(H,22,23,24,26);4-6H,3H2,1-2H3.